The van der Waals surface area contributed by atoms with Gasteiger partial charge in [0.25, 0.3) is 0 Å². The van der Waals surface area contributed by atoms with Gasteiger partial charge in [0.2, 0.25) is 0 Å². The van der Waals surface area contributed by atoms with Crippen LogP contribution in [0.1, 0.15) is 145 Å². The minimum absolute atomic E-state index is 0.00783. The van der Waals surface area contributed by atoms with E-state index in [1.165, 1.54) is 70.6 Å². The lowest BCUT2D eigenvalue weighted by Gasteiger charge is -2.16. The van der Waals surface area contributed by atoms with Crippen molar-refractivity contribution in [2.75, 3.05) is 6.61 Å². The first kappa shape index (κ1) is 31.5. The third-order valence-corrected chi connectivity index (χ3v) is 7.13. The summed E-state index contributed by atoms with van der Waals surface area (Å²) in [6.45, 7) is 19.2. The second-order valence-electron chi connectivity index (χ2n) is 12.1. The van der Waals surface area contributed by atoms with Crippen molar-refractivity contribution >= 4 is 5.97 Å². The number of carbonyl (C=O) groups excluding carboxylic acids is 1. The van der Waals surface area contributed by atoms with E-state index in [1.54, 1.807) is 0 Å². The first-order valence-corrected chi connectivity index (χ1v) is 14.3. The van der Waals surface area contributed by atoms with E-state index >= 15 is 0 Å². The average Bonchev–Trinajstić information content (AvgIpc) is 2.67. The van der Waals surface area contributed by atoms with Crippen LogP contribution in [0.25, 0.3) is 0 Å². The Labute approximate surface area is 203 Å². The van der Waals surface area contributed by atoms with Crippen molar-refractivity contribution in [1.29, 1.82) is 0 Å². The summed E-state index contributed by atoms with van der Waals surface area (Å²) in [5.41, 5.74) is 0. The molecule has 0 radical (unpaired) electrons. The molecule has 0 rings (SSSR count). The molecule has 4 atom stereocenters. The summed E-state index contributed by atoms with van der Waals surface area (Å²) in [5.74, 6) is 4.43. The van der Waals surface area contributed by atoms with Gasteiger partial charge >= 0.3 is 5.97 Å². The van der Waals surface area contributed by atoms with Gasteiger partial charge in [-0.25, -0.2) is 0 Å². The van der Waals surface area contributed by atoms with Crippen LogP contribution in [0.3, 0.4) is 0 Å². The van der Waals surface area contributed by atoms with Crippen LogP contribution in [-0.2, 0) is 9.53 Å². The standard InChI is InChI=1S/C30H60O2/c1-24(2)13-9-15-26(5)17-11-19-28(7)21-22-32-30(31)23-29(8)20-12-18-27(6)16-10-14-25(3)4/h24-29H,9-23H2,1-8H3. The van der Waals surface area contributed by atoms with Crippen molar-refractivity contribution in [3.05, 3.63) is 0 Å². The molecule has 2 heteroatoms. The normalized spacial score (nSPS) is 15.7. The van der Waals surface area contributed by atoms with Gasteiger partial charge in [0.1, 0.15) is 0 Å². The minimum Gasteiger partial charge on any atom is -0.466 e. The third kappa shape index (κ3) is 21.3. The van der Waals surface area contributed by atoms with Crippen LogP contribution in [0.15, 0.2) is 0 Å². The fourth-order valence-electron chi connectivity index (χ4n) is 4.63. The highest BCUT2D eigenvalue weighted by Crippen LogP contribution is 2.22. The van der Waals surface area contributed by atoms with Crippen LogP contribution in [0.4, 0.5) is 0 Å². The van der Waals surface area contributed by atoms with Crippen LogP contribution >= 0.6 is 0 Å². The first-order valence-electron chi connectivity index (χ1n) is 14.3. The lowest BCUT2D eigenvalue weighted by molar-refractivity contribution is -0.145. The Morgan fingerprint density at radius 1 is 0.500 bits per heavy atom. The number of hydrogen-bond acceptors (Lipinski definition) is 2. The van der Waals surface area contributed by atoms with Gasteiger partial charge in [0.15, 0.2) is 0 Å². The Morgan fingerprint density at radius 3 is 1.25 bits per heavy atom. The van der Waals surface area contributed by atoms with E-state index in [1.807, 2.05) is 0 Å². The summed E-state index contributed by atoms with van der Waals surface area (Å²) in [6.07, 6.45) is 17.4. The van der Waals surface area contributed by atoms with Gasteiger partial charge in [0, 0.05) is 6.42 Å². The van der Waals surface area contributed by atoms with E-state index in [0.29, 0.717) is 24.9 Å². The molecule has 192 valence electrons. The zero-order valence-corrected chi connectivity index (χ0v) is 23.4. The number of carbonyl (C=O) groups is 1. The predicted octanol–water partition coefficient (Wildman–Crippen LogP) is 9.85. The highest BCUT2D eigenvalue weighted by Gasteiger charge is 2.13. The first-order chi connectivity index (χ1) is 15.1. The van der Waals surface area contributed by atoms with Crippen molar-refractivity contribution in [3.63, 3.8) is 0 Å². The maximum atomic E-state index is 12.2. The Morgan fingerprint density at radius 2 is 0.844 bits per heavy atom. The molecular formula is C30H60O2. The summed E-state index contributed by atoms with van der Waals surface area (Å²) < 4.78 is 5.55. The second-order valence-corrected chi connectivity index (χ2v) is 12.1. The summed E-state index contributed by atoms with van der Waals surface area (Å²) >= 11 is 0. The van der Waals surface area contributed by atoms with Gasteiger partial charge in [-0.05, 0) is 41.9 Å². The molecule has 0 saturated heterocycles. The molecule has 0 amide bonds. The minimum atomic E-state index is 0.00783. The maximum Gasteiger partial charge on any atom is 0.306 e. The molecule has 0 aliphatic carbocycles. The van der Waals surface area contributed by atoms with E-state index in [2.05, 4.69) is 55.4 Å². The molecule has 0 fully saturated rings. The van der Waals surface area contributed by atoms with E-state index in [-0.39, 0.29) is 5.97 Å². The van der Waals surface area contributed by atoms with Gasteiger partial charge in [-0.15, -0.1) is 0 Å². The molecule has 0 saturated carbocycles. The van der Waals surface area contributed by atoms with Crippen LogP contribution in [-0.4, -0.2) is 12.6 Å². The van der Waals surface area contributed by atoms with Gasteiger partial charge in [-0.2, -0.15) is 0 Å². The van der Waals surface area contributed by atoms with Crippen molar-refractivity contribution < 1.29 is 9.53 Å². The number of ether oxygens (including phenoxy) is 1. The number of rotatable bonds is 21. The third-order valence-electron chi connectivity index (χ3n) is 7.13. The molecule has 0 spiro atoms. The topological polar surface area (TPSA) is 26.3 Å². The molecular weight excluding hydrogens is 392 g/mol. The molecule has 0 aliphatic heterocycles. The zero-order valence-electron chi connectivity index (χ0n) is 23.4. The van der Waals surface area contributed by atoms with Crippen molar-refractivity contribution in [2.24, 2.45) is 35.5 Å². The molecule has 0 aromatic heterocycles. The molecule has 32 heavy (non-hydrogen) atoms. The van der Waals surface area contributed by atoms with Crippen LogP contribution in [0.2, 0.25) is 0 Å². The van der Waals surface area contributed by atoms with Crippen LogP contribution < -0.4 is 0 Å². The SMILES string of the molecule is CC(C)CCCC(C)CCCC(C)CCOC(=O)CC(C)CCCC(C)CCCC(C)C. The fourth-order valence-corrected chi connectivity index (χ4v) is 4.63. The molecule has 0 aromatic rings. The predicted molar refractivity (Wildman–Crippen MR) is 142 cm³/mol. The summed E-state index contributed by atoms with van der Waals surface area (Å²) in [5, 5.41) is 0. The smallest absolute Gasteiger partial charge is 0.306 e. The fraction of sp³-hybridized carbons (Fsp3) is 0.967. The largest absolute Gasteiger partial charge is 0.466 e. The molecule has 0 aliphatic rings. The molecule has 0 N–H and O–H groups in total. The Bertz CT molecular complexity index is 429. The van der Waals surface area contributed by atoms with Crippen molar-refractivity contribution in [2.45, 2.75) is 145 Å². The Kier molecular flexibility index (Phi) is 19.6. The lowest BCUT2D eigenvalue weighted by Crippen LogP contribution is -2.12. The lowest BCUT2D eigenvalue weighted by atomic mass is 9.92. The highest BCUT2D eigenvalue weighted by molar-refractivity contribution is 5.69. The second kappa shape index (κ2) is 19.9. The summed E-state index contributed by atoms with van der Waals surface area (Å²) in [7, 11) is 0. The van der Waals surface area contributed by atoms with Crippen LogP contribution in [0, 0.1) is 35.5 Å². The van der Waals surface area contributed by atoms with E-state index < -0.39 is 0 Å². The molecule has 4 unspecified atom stereocenters. The van der Waals surface area contributed by atoms with E-state index in [9.17, 15) is 4.79 Å². The van der Waals surface area contributed by atoms with E-state index in [0.717, 1.165) is 36.5 Å². The Balaban J connectivity index is 3.69. The van der Waals surface area contributed by atoms with Crippen molar-refractivity contribution in [3.8, 4) is 0 Å². The molecule has 2 nitrogen and oxygen atoms in total. The van der Waals surface area contributed by atoms with Gasteiger partial charge in [-0.3, -0.25) is 4.79 Å². The van der Waals surface area contributed by atoms with Gasteiger partial charge in [0.05, 0.1) is 6.61 Å². The van der Waals surface area contributed by atoms with Gasteiger partial charge in [-0.1, -0.05) is 132 Å². The summed E-state index contributed by atoms with van der Waals surface area (Å²) in [6, 6.07) is 0. The molecule has 0 bridgehead atoms. The average molecular weight is 453 g/mol. The monoisotopic (exact) mass is 452 g/mol. The molecule has 0 aromatic carbocycles. The zero-order chi connectivity index (χ0) is 24.4. The van der Waals surface area contributed by atoms with E-state index in [4.69, 9.17) is 4.74 Å². The van der Waals surface area contributed by atoms with Crippen molar-refractivity contribution in [1.82, 2.24) is 0 Å². The van der Waals surface area contributed by atoms with Crippen LogP contribution in [0.5, 0.6) is 0 Å². The molecule has 0 heterocycles. The number of esters is 1. The summed E-state index contributed by atoms with van der Waals surface area (Å²) in [4.78, 5) is 12.2. The maximum absolute atomic E-state index is 12.2. The Hall–Kier alpha value is -0.530. The quantitative estimate of drug-likeness (QED) is 0.162. The van der Waals surface area contributed by atoms with Gasteiger partial charge < -0.3 is 4.74 Å². The highest BCUT2D eigenvalue weighted by atomic mass is 16.5. The number of hydrogen-bond donors (Lipinski definition) is 0.